The Balaban J connectivity index is 1.83. The van der Waals surface area contributed by atoms with E-state index in [1.54, 1.807) is 39.0 Å². The number of carbonyl (C=O) groups excluding carboxylic acids is 2. The summed E-state index contributed by atoms with van der Waals surface area (Å²) >= 11 is 3.41. The number of nitrogens with one attached hydrogen (secondary N) is 2. The van der Waals surface area contributed by atoms with Gasteiger partial charge in [-0.15, -0.1) is 0 Å². The molecule has 2 aromatic rings. The molecule has 0 bridgehead atoms. The SMILES string of the molecule is C[C@@H]1CC[C@@H](O)[C@H]1NC(=O)[C@H](Cc1ccccc1F)C[C@H](O)[C@H](Cc1ccc(Br)cc1)NC(=O)OC(C)(C)C. The number of halogens is 2. The normalized spacial score (nSPS) is 21.6. The van der Waals surface area contributed by atoms with E-state index >= 15 is 0 Å². The largest absolute Gasteiger partial charge is 0.444 e. The van der Waals surface area contributed by atoms with Gasteiger partial charge in [0.1, 0.15) is 11.4 Å². The average molecular weight is 608 g/mol. The lowest BCUT2D eigenvalue weighted by atomic mass is 9.88. The molecule has 2 aromatic carbocycles. The molecule has 3 rings (SSSR count). The van der Waals surface area contributed by atoms with Gasteiger partial charge < -0.3 is 25.6 Å². The van der Waals surface area contributed by atoms with Crippen molar-refractivity contribution in [2.45, 2.75) is 89.7 Å². The number of alkyl carbamates (subject to hydrolysis) is 1. The van der Waals surface area contributed by atoms with Crippen LogP contribution in [0.1, 0.15) is 58.1 Å². The van der Waals surface area contributed by atoms with Crippen LogP contribution in [0.5, 0.6) is 0 Å². The first kappa shape index (κ1) is 31.0. The van der Waals surface area contributed by atoms with Gasteiger partial charge in [-0.1, -0.05) is 53.2 Å². The van der Waals surface area contributed by atoms with Crippen LogP contribution in [0.4, 0.5) is 9.18 Å². The van der Waals surface area contributed by atoms with E-state index in [0.717, 1.165) is 16.5 Å². The Morgan fingerprint density at radius 2 is 1.77 bits per heavy atom. The van der Waals surface area contributed by atoms with Crippen molar-refractivity contribution in [3.8, 4) is 0 Å². The lowest BCUT2D eigenvalue weighted by Gasteiger charge is -2.30. The number of amides is 2. The van der Waals surface area contributed by atoms with Crippen LogP contribution >= 0.6 is 15.9 Å². The van der Waals surface area contributed by atoms with E-state index in [1.807, 2.05) is 31.2 Å². The maximum absolute atomic E-state index is 14.6. The van der Waals surface area contributed by atoms with E-state index in [-0.39, 0.29) is 24.7 Å². The number of ether oxygens (including phenoxy) is 1. The first-order chi connectivity index (χ1) is 18.3. The quantitative estimate of drug-likeness (QED) is 0.307. The summed E-state index contributed by atoms with van der Waals surface area (Å²) < 4.78 is 20.9. The minimum atomic E-state index is -1.14. The van der Waals surface area contributed by atoms with Crippen LogP contribution in [-0.4, -0.2) is 52.1 Å². The number of benzene rings is 2. The van der Waals surface area contributed by atoms with Crippen LogP contribution < -0.4 is 10.6 Å². The highest BCUT2D eigenvalue weighted by Gasteiger charge is 2.36. The summed E-state index contributed by atoms with van der Waals surface area (Å²) in [5.74, 6) is -1.50. The fourth-order valence-electron chi connectivity index (χ4n) is 4.98. The summed E-state index contributed by atoms with van der Waals surface area (Å²) in [7, 11) is 0. The van der Waals surface area contributed by atoms with Gasteiger partial charge in [0.15, 0.2) is 0 Å². The van der Waals surface area contributed by atoms with Gasteiger partial charge in [-0.25, -0.2) is 9.18 Å². The van der Waals surface area contributed by atoms with Crippen molar-refractivity contribution < 1.29 is 28.9 Å². The molecule has 1 saturated carbocycles. The van der Waals surface area contributed by atoms with Crippen LogP contribution in [0, 0.1) is 17.7 Å². The molecule has 0 spiro atoms. The Bertz CT molecular complexity index is 1100. The van der Waals surface area contributed by atoms with E-state index < -0.39 is 47.7 Å². The van der Waals surface area contributed by atoms with Crippen molar-refractivity contribution in [2.24, 2.45) is 11.8 Å². The zero-order valence-corrected chi connectivity index (χ0v) is 24.6. The van der Waals surface area contributed by atoms with Gasteiger partial charge >= 0.3 is 6.09 Å². The number of aliphatic hydroxyl groups is 2. The number of aliphatic hydroxyl groups excluding tert-OH is 2. The molecule has 0 radical (unpaired) electrons. The van der Waals surface area contributed by atoms with Crippen LogP contribution in [-0.2, 0) is 22.4 Å². The molecule has 1 aliphatic carbocycles. The standard InChI is InChI=1S/C30H40BrFN2O5/c1-18-9-14-25(35)27(18)34-28(37)21(16-20-7-5-6-8-23(20)32)17-26(36)24(33-29(38)39-30(2,3)4)15-19-10-12-22(31)13-11-19/h5-8,10-13,18,21,24-27,35-36H,9,14-17H2,1-4H3,(H,33,38)(H,34,37)/t18-,21-,24+,25-,26+,27+/m1/s1. The average Bonchev–Trinajstić information content (AvgIpc) is 3.16. The highest BCUT2D eigenvalue weighted by molar-refractivity contribution is 9.10. The van der Waals surface area contributed by atoms with Crippen LogP contribution in [0.2, 0.25) is 0 Å². The summed E-state index contributed by atoms with van der Waals surface area (Å²) in [6.45, 7) is 7.22. The van der Waals surface area contributed by atoms with Gasteiger partial charge in [0.05, 0.1) is 24.3 Å². The van der Waals surface area contributed by atoms with E-state index in [0.29, 0.717) is 18.4 Å². The highest BCUT2D eigenvalue weighted by atomic mass is 79.9. The van der Waals surface area contributed by atoms with Crippen molar-refractivity contribution in [2.75, 3.05) is 0 Å². The monoisotopic (exact) mass is 606 g/mol. The van der Waals surface area contributed by atoms with Crippen molar-refractivity contribution in [3.05, 3.63) is 69.9 Å². The topological polar surface area (TPSA) is 108 Å². The zero-order valence-electron chi connectivity index (χ0n) is 23.0. The second-order valence-electron chi connectivity index (χ2n) is 11.5. The molecule has 9 heteroatoms. The predicted octanol–water partition coefficient (Wildman–Crippen LogP) is 4.91. The third-order valence-corrected chi connectivity index (χ3v) is 7.64. The molecule has 0 saturated heterocycles. The van der Waals surface area contributed by atoms with E-state index in [9.17, 15) is 24.2 Å². The van der Waals surface area contributed by atoms with Gasteiger partial charge in [0.2, 0.25) is 5.91 Å². The lowest BCUT2D eigenvalue weighted by molar-refractivity contribution is -0.127. The molecular formula is C30H40BrFN2O5. The molecule has 214 valence electrons. The fraction of sp³-hybridized carbons (Fsp3) is 0.533. The number of rotatable bonds is 10. The molecule has 0 aromatic heterocycles. The Hall–Kier alpha value is -2.49. The number of hydrogen-bond donors (Lipinski definition) is 4. The first-order valence-corrected chi connectivity index (χ1v) is 14.3. The minimum absolute atomic E-state index is 0.0334. The Kier molecular flexibility index (Phi) is 10.9. The van der Waals surface area contributed by atoms with Gasteiger partial charge in [-0.05, 0) is 88.1 Å². The molecule has 39 heavy (non-hydrogen) atoms. The predicted molar refractivity (Wildman–Crippen MR) is 152 cm³/mol. The fourth-order valence-corrected chi connectivity index (χ4v) is 5.24. The molecule has 0 aliphatic heterocycles. The number of hydrogen-bond acceptors (Lipinski definition) is 5. The number of carbonyl (C=O) groups is 2. The first-order valence-electron chi connectivity index (χ1n) is 13.5. The van der Waals surface area contributed by atoms with Gasteiger partial charge in [-0.3, -0.25) is 4.79 Å². The molecule has 6 atom stereocenters. The van der Waals surface area contributed by atoms with Gasteiger partial charge in [0, 0.05) is 10.4 Å². The lowest BCUT2D eigenvalue weighted by Crippen LogP contribution is -2.50. The summed E-state index contributed by atoms with van der Waals surface area (Å²) in [6.07, 6.45) is -0.763. The summed E-state index contributed by atoms with van der Waals surface area (Å²) in [5.41, 5.74) is 0.495. The smallest absolute Gasteiger partial charge is 0.407 e. The summed E-state index contributed by atoms with van der Waals surface area (Å²) in [6, 6.07) is 12.6. The molecule has 0 unspecified atom stereocenters. The highest BCUT2D eigenvalue weighted by Crippen LogP contribution is 2.27. The molecule has 2 amide bonds. The molecule has 7 nitrogen and oxygen atoms in total. The van der Waals surface area contributed by atoms with Crippen molar-refractivity contribution >= 4 is 27.9 Å². The maximum Gasteiger partial charge on any atom is 0.407 e. The van der Waals surface area contributed by atoms with Crippen LogP contribution in [0.25, 0.3) is 0 Å². The summed E-state index contributed by atoms with van der Waals surface area (Å²) in [5, 5.41) is 27.5. The van der Waals surface area contributed by atoms with Gasteiger partial charge in [-0.2, -0.15) is 0 Å². The second kappa shape index (κ2) is 13.7. The second-order valence-corrected chi connectivity index (χ2v) is 12.5. The van der Waals surface area contributed by atoms with Gasteiger partial charge in [0.25, 0.3) is 0 Å². The minimum Gasteiger partial charge on any atom is -0.444 e. The van der Waals surface area contributed by atoms with Crippen molar-refractivity contribution in [3.63, 3.8) is 0 Å². The molecule has 4 N–H and O–H groups in total. The van der Waals surface area contributed by atoms with E-state index in [2.05, 4.69) is 26.6 Å². The van der Waals surface area contributed by atoms with E-state index in [4.69, 9.17) is 4.74 Å². The van der Waals surface area contributed by atoms with E-state index in [1.165, 1.54) is 6.07 Å². The molecule has 1 aliphatic rings. The Morgan fingerprint density at radius 3 is 2.36 bits per heavy atom. The third-order valence-electron chi connectivity index (χ3n) is 7.11. The van der Waals surface area contributed by atoms with Crippen molar-refractivity contribution in [1.82, 2.24) is 10.6 Å². The molecular weight excluding hydrogens is 567 g/mol. The summed E-state index contributed by atoms with van der Waals surface area (Å²) in [4.78, 5) is 26.2. The Labute approximate surface area is 238 Å². The Morgan fingerprint density at radius 1 is 1.10 bits per heavy atom. The third kappa shape index (κ3) is 9.58. The zero-order chi connectivity index (χ0) is 28.7. The molecule has 0 heterocycles. The van der Waals surface area contributed by atoms with Crippen LogP contribution in [0.3, 0.4) is 0 Å². The van der Waals surface area contributed by atoms with Crippen molar-refractivity contribution in [1.29, 1.82) is 0 Å². The molecule has 1 fully saturated rings. The van der Waals surface area contributed by atoms with Crippen LogP contribution in [0.15, 0.2) is 53.0 Å². The maximum atomic E-state index is 14.6.